The quantitative estimate of drug-likeness (QED) is 0.315. The van der Waals surface area contributed by atoms with Crippen molar-refractivity contribution in [1.82, 2.24) is 10.2 Å². The van der Waals surface area contributed by atoms with Gasteiger partial charge in [0.1, 0.15) is 11.4 Å². The summed E-state index contributed by atoms with van der Waals surface area (Å²) in [6, 6.07) is 20.6. The zero-order valence-electron chi connectivity index (χ0n) is 21.8. The molecule has 1 amide bonds. The first kappa shape index (κ1) is 25.7. The highest BCUT2D eigenvalue weighted by Crippen LogP contribution is 2.45. The molecule has 198 valence electrons. The maximum Gasteiger partial charge on any atom is 0.338 e. The monoisotopic (exact) mass is 525 g/mol. The van der Waals surface area contributed by atoms with Crippen LogP contribution in [0.5, 0.6) is 5.75 Å². The summed E-state index contributed by atoms with van der Waals surface area (Å²) in [5, 5.41) is 7.44. The molecular weight excluding hydrogens is 498 g/mol. The Hall–Kier alpha value is -4.92. The fourth-order valence-corrected chi connectivity index (χ4v) is 4.72. The van der Waals surface area contributed by atoms with E-state index in [4.69, 9.17) is 14.2 Å². The van der Waals surface area contributed by atoms with Crippen molar-refractivity contribution < 1.29 is 28.6 Å². The summed E-state index contributed by atoms with van der Waals surface area (Å²) in [5.41, 5.74) is 4.69. The van der Waals surface area contributed by atoms with Gasteiger partial charge in [-0.1, -0.05) is 12.1 Å². The molecule has 0 spiro atoms. The molecule has 5 rings (SSSR count). The van der Waals surface area contributed by atoms with Crippen molar-refractivity contribution in [2.24, 2.45) is 0 Å². The number of nitrogens with zero attached hydrogens (tertiary/aromatic N) is 2. The van der Waals surface area contributed by atoms with Crippen LogP contribution >= 0.6 is 0 Å². The van der Waals surface area contributed by atoms with Crippen LogP contribution < -0.4 is 9.64 Å². The third-order valence-electron chi connectivity index (χ3n) is 6.51. The van der Waals surface area contributed by atoms with E-state index in [9.17, 15) is 14.4 Å². The zero-order valence-corrected chi connectivity index (χ0v) is 21.8. The molecule has 2 heterocycles. The second-order valence-electron chi connectivity index (χ2n) is 8.78. The lowest BCUT2D eigenvalue weighted by molar-refractivity contribution is 0.0525. The summed E-state index contributed by atoms with van der Waals surface area (Å²) in [6.45, 7) is 4.49. The highest BCUT2D eigenvalue weighted by atomic mass is 16.5. The SMILES string of the molecule is CCOC(=O)c1ccc(N2C(=O)c3[nH]nc(-c4ccc(OCC)cc4)c3[C@H]2c2ccc(C(=O)OC)cc2)cc1. The lowest BCUT2D eigenvalue weighted by atomic mass is 9.95. The van der Waals surface area contributed by atoms with Crippen molar-refractivity contribution in [2.75, 3.05) is 25.2 Å². The number of benzene rings is 3. The molecule has 0 fully saturated rings. The molecule has 0 saturated heterocycles. The molecule has 1 N–H and O–H groups in total. The number of methoxy groups -OCH3 is 1. The fourth-order valence-electron chi connectivity index (χ4n) is 4.72. The number of hydrogen-bond acceptors (Lipinski definition) is 7. The molecule has 0 aliphatic carbocycles. The van der Waals surface area contributed by atoms with Crippen molar-refractivity contribution in [3.8, 4) is 17.0 Å². The van der Waals surface area contributed by atoms with E-state index < -0.39 is 18.0 Å². The Morgan fingerprint density at radius 2 is 1.51 bits per heavy atom. The molecule has 9 nitrogen and oxygen atoms in total. The third kappa shape index (κ3) is 4.74. The van der Waals surface area contributed by atoms with Crippen molar-refractivity contribution in [3.05, 3.63) is 101 Å². The number of amides is 1. The standard InChI is InChI=1S/C30H27N3O6/c1-4-38-23-16-12-18(13-17-23)25-24-26(32-31-25)28(34)33(22-14-10-21(11-15-22)30(36)39-5-2)27(24)19-6-8-20(9-7-19)29(35)37-3/h6-17,27H,4-5H2,1-3H3,(H,31,32)/t27-/m1/s1. The first-order valence-corrected chi connectivity index (χ1v) is 12.6. The molecule has 39 heavy (non-hydrogen) atoms. The van der Waals surface area contributed by atoms with Crippen molar-refractivity contribution in [3.63, 3.8) is 0 Å². The molecule has 3 aromatic carbocycles. The van der Waals surface area contributed by atoms with Gasteiger partial charge in [-0.15, -0.1) is 0 Å². The predicted molar refractivity (Wildman–Crippen MR) is 144 cm³/mol. The summed E-state index contributed by atoms with van der Waals surface area (Å²) in [4.78, 5) is 39.7. The third-order valence-corrected chi connectivity index (χ3v) is 6.51. The minimum Gasteiger partial charge on any atom is -0.494 e. The predicted octanol–water partition coefficient (Wildman–Crippen LogP) is 5.19. The van der Waals surface area contributed by atoms with Gasteiger partial charge >= 0.3 is 11.9 Å². The van der Waals surface area contributed by atoms with E-state index in [1.807, 2.05) is 31.2 Å². The van der Waals surface area contributed by atoms with Crippen LogP contribution in [0.15, 0.2) is 72.8 Å². The van der Waals surface area contributed by atoms with Gasteiger partial charge in [-0.2, -0.15) is 5.10 Å². The smallest absolute Gasteiger partial charge is 0.338 e. The van der Waals surface area contributed by atoms with E-state index in [1.165, 1.54) is 7.11 Å². The van der Waals surface area contributed by atoms with E-state index >= 15 is 0 Å². The second kappa shape index (κ2) is 10.8. The van der Waals surface area contributed by atoms with Crippen molar-refractivity contribution in [1.29, 1.82) is 0 Å². The average Bonchev–Trinajstić information content (AvgIpc) is 3.52. The highest BCUT2D eigenvalue weighted by Gasteiger charge is 2.43. The van der Waals surface area contributed by atoms with Gasteiger partial charge in [-0.05, 0) is 80.1 Å². The van der Waals surface area contributed by atoms with Gasteiger partial charge in [0.05, 0.1) is 43.2 Å². The fraction of sp³-hybridized carbons (Fsp3) is 0.200. The van der Waals surface area contributed by atoms with Crippen LogP contribution in [0.1, 0.15) is 62.2 Å². The van der Waals surface area contributed by atoms with Gasteiger partial charge in [0, 0.05) is 16.8 Å². The normalized spacial score (nSPS) is 14.2. The average molecular weight is 526 g/mol. The highest BCUT2D eigenvalue weighted by molar-refractivity contribution is 6.12. The van der Waals surface area contributed by atoms with Gasteiger partial charge < -0.3 is 14.2 Å². The van der Waals surface area contributed by atoms with E-state index in [0.29, 0.717) is 40.4 Å². The summed E-state index contributed by atoms with van der Waals surface area (Å²) >= 11 is 0. The Bertz CT molecular complexity index is 1510. The molecule has 1 aliphatic heterocycles. The molecule has 9 heteroatoms. The van der Waals surface area contributed by atoms with Gasteiger partial charge in [0.15, 0.2) is 0 Å². The molecule has 1 atom stereocenters. The lowest BCUT2D eigenvalue weighted by Gasteiger charge is -2.26. The van der Waals surface area contributed by atoms with Crippen molar-refractivity contribution >= 4 is 23.5 Å². The Morgan fingerprint density at radius 1 is 0.872 bits per heavy atom. The van der Waals surface area contributed by atoms with Crippen LogP contribution in [-0.4, -0.2) is 48.4 Å². The summed E-state index contributed by atoms with van der Waals surface area (Å²) in [6.07, 6.45) is 0. The summed E-state index contributed by atoms with van der Waals surface area (Å²) < 4.78 is 15.5. The Morgan fingerprint density at radius 3 is 2.13 bits per heavy atom. The Kier molecular flexibility index (Phi) is 7.14. The zero-order chi connectivity index (χ0) is 27.5. The number of aromatic amines is 1. The molecule has 1 aromatic heterocycles. The maximum absolute atomic E-state index is 13.8. The Balaban J connectivity index is 1.60. The molecule has 0 radical (unpaired) electrons. The number of carbonyl (C=O) groups excluding carboxylic acids is 3. The van der Waals surface area contributed by atoms with E-state index in [0.717, 1.165) is 16.9 Å². The first-order valence-electron chi connectivity index (χ1n) is 12.6. The number of anilines is 1. The molecule has 4 aromatic rings. The van der Waals surface area contributed by atoms with Crippen molar-refractivity contribution in [2.45, 2.75) is 19.9 Å². The van der Waals surface area contributed by atoms with Crippen LogP contribution in [0.2, 0.25) is 0 Å². The van der Waals surface area contributed by atoms with Crippen LogP contribution in [0.4, 0.5) is 5.69 Å². The molecule has 0 saturated carbocycles. The number of esters is 2. The number of ether oxygens (including phenoxy) is 3. The lowest BCUT2D eigenvalue weighted by Crippen LogP contribution is -2.29. The minimum absolute atomic E-state index is 0.263. The number of H-pyrrole nitrogens is 1. The van der Waals surface area contributed by atoms with Gasteiger partial charge in [-0.3, -0.25) is 14.8 Å². The largest absolute Gasteiger partial charge is 0.494 e. The number of hydrogen-bond donors (Lipinski definition) is 1. The van der Waals surface area contributed by atoms with Gasteiger partial charge in [-0.25, -0.2) is 9.59 Å². The first-order chi connectivity index (χ1) is 19.0. The van der Waals surface area contributed by atoms with Gasteiger partial charge in [0.2, 0.25) is 0 Å². The number of nitrogens with one attached hydrogen (secondary N) is 1. The van der Waals surface area contributed by atoms with Crippen LogP contribution in [-0.2, 0) is 9.47 Å². The number of fused-ring (bicyclic) bond motifs is 1. The second-order valence-corrected chi connectivity index (χ2v) is 8.78. The molecule has 1 aliphatic rings. The van der Waals surface area contributed by atoms with Crippen LogP contribution in [0, 0.1) is 0 Å². The number of aromatic nitrogens is 2. The van der Waals surface area contributed by atoms with E-state index in [-0.39, 0.29) is 12.5 Å². The number of carbonyl (C=O) groups is 3. The summed E-state index contributed by atoms with van der Waals surface area (Å²) in [5.74, 6) is -0.406. The van der Waals surface area contributed by atoms with Crippen LogP contribution in [0.25, 0.3) is 11.3 Å². The molecule has 0 bridgehead atoms. The van der Waals surface area contributed by atoms with Crippen LogP contribution in [0.3, 0.4) is 0 Å². The maximum atomic E-state index is 13.8. The Labute approximate surface area is 225 Å². The molecular formula is C30H27N3O6. The molecule has 0 unspecified atom stereocenters. The van der Waals surface area contributed by atoms with Gasteiger partial charge in [0.25, 0.3) is 5.91 Å². The van der Waals surface area contributed by atoms with E-state index in [2.05, 4.69) is 10.2 Å². The topological polar surface area (TPSA) is 111 Å². The van der Waals surface area contributed by atoms with E-state index in [1.54, 1.807) is 60.4 Å². The summed E-state index contributed by atoms with van der Waals surface area (Å²) in [7, 11) is 1.33. The minimum atomic E-state index is -0.548. The number of rotatable bonds is 8.